The molecule has 2 N–H and O–H groups in total. The topological polar surface area (TPSA) is 57.8 Å². The maximum Gasteiger partial charge on any atom is 0.251 e. The van der Waals surface area contributed by atoms with Crippen LogP contribution in [-0.4, -0.2) is 22.4 Å². The Morgan fingerprint density at radius 2 is 2.21 bits per heavy atom. The van der Waals surface area contributed by atoms with Crippen LogP contribution in [0.1, 0.15) is 41.6 Å². The smallest absolute Gasteiger partial charge is 0.251 e. The lowest BCUT2D eigenvalue weighted by Crippen LogP contribution is -2.28. The van der Waals surface area contributed by atoms with Gasteiger partial charge >= 0.3 is 0 Å². The number of benzene rings is 1. The Balaban J connectivity index is 1.73. The molecule has 3 rings (SSSR count). The van der Waals surface area contributed by atoms with Gasteiger partial charge in [0.25, 0.3) is 5.91 Å². The van der Waals surface area contributed by atoms with Crippen molar-refractivity contribution in [1.29, 1.82) is 0 Å². The first-order chi connectivity index (χ1) is 9.24. The Hall–Kier alpha value is -1.84. The van der Waals surface area contributed by atoms with Crippen molar-refractivity contribution in [2.24, 2.45) is 5.92 Å². The average Bonchev–Trinajstić information content (AvgIpc) is 3.06. The molecule has 0 saturated heterocycles. The van der Waals surface area contributed by atoms with Gasteiger partial charge in [0.05, 0.1) is 17.4 Å². The van der Waals surface area contributed by atoms with Crippen molar-refractivity contribution >= 4 is 16.9 Å². The fourth-order valence-corrected chi connectivity index (χ4v) is 2.91. The molecular weight excluding hydrogens is 238 g/mol. The highest BCUT2D eigenvalue weighted by Crippen LogP contribution is 2.24. The molecular formula is C15H19N3O. The third-order valence-corrected chi connectivity index (χ3v) is 4.00. The molecule has 0 aliphatic heterocycles. The number of imidazole rings is 1. The minimum atomic E-state index is 0.0199. The minimum absolute atomic E-state index is 0.0199. The number of H-pyrrole nitrogens is 1. The molecule has 0 radical (unpaired) electrons. The van der Waals surface area contributed by atoms with Crippen LogP contribution in [-0.2, 0) is 0 Å². The van der Waals surface area contributed by atoms with Gasteiger partial charge in [0, 0.05) is 12.1 Å². The standard InChI is InChI=1S/C15H19N3O/c1-10-6-12(7-13-14(10)18-9-17-13)15(19)16-8-11-4-2-3-5-11/h6-7,9,11H,2-5,8H2,1H3,(H,16,19)(H,17,18). The van der Waals surface area contributed by atoms with E-state index in [9.17, 15) is 4.79 Å². The number of aryl methyl sites for hydroxylation is 1. The molecule has 1 aliphatic carbocycles. The molecule has 2 aromatic rings. The van der Waals surface area contributed by atoms with Crippen molar-refractivity contribution in [2.75, 3.05) is 6.54 Å². The highest BCUT2D eigenvalue weighted by molar-refractivity contribution is 5.98. The maximum atomic E-state index is 12.2. The zero-order valence-electron chi connectivity index (χ0n) is 11.2. The summed E-state index contributed by atoms with van der Waals surface area (Å²) < 4.78 is 0. The Morgan fingerprint density at radius 3 is 3.00 bits per heavy atom. The number of aromatic nitrogens is 2. The van der Waals surface area contributed by atoms with Gasteiger partial charge in [-0.05, 0) is 43.4 Å². The van der Waals surface area contributed by atoms with Gasteiger partial charge < -0.3 is 10.3 Å². The number of rotatable bonds is 3. The summed E-state index contributed by atoms with van der Waals surface area (Å²) in [6.07, 6.45) is 6.77. The number of fused-ring (bicyclic) bond motifs is 1. The van der Waals surface area contributed by atoms with Crippen LogP contribution < -0.4 is 5.32 Å². The van der Waals surface area contributed by atoms with Crippen LogP contribution in [0.25, 0.3) is 11.0 Å². The zero-order chi connectivity index (χ0) is 13.2. The lowest BCUT2D eigenvalue weighted by Gasteiger charge is -2.11. The number of nitrogens with zero attached hydrogens (tertiary/aromatic N) is 1. The minimum Gasteiger partial charge on any atom is -0.352 e. The fourth-order valence-electron chi connectivity index (χ4n) is 2.91. The number of amides is 1. The van der Waals surface area contributed by atoms with E-state index in [0.717, 1.165) is 23.1 Å². The van der Waals surface area contributed by atoms with Crippen LogP contribution in [0.5, 0.6) is 0 Å². The van der Waals surface area contributed by atoms with Crippen LogP contribution >= 0.6 is 0 Å². The van der Waals surface area contributed by atoms with E-state index in [1.807, 2.05) is 19.1 Å². The van der Waals surface area contributed by atoms with Gasteiger partial charge in [0.2, 0.25) is 0 Å². The normalized spacial score (nSPS) is 16.1. The number of aromatic amines is 1. The highest BCUT2D eigenvalue weighted by atomic mass is 16.1. The van der Waals surface area contributed by atoms with Crippen molar-refractivity contribution in [1.82, 2.24) is 15.3 Å². The molecule has 0 bridgehead atoms. The summed E-state index contributed by atoms with van der Waals surface area (Å²) in [6.45, 7) is 2.79. The van der Waals surface area contributed by atoms with Crippen molar-refractivity contribution in [2.45, 2.75) is 32.6 Å². The molecule has 1 heterocycles. The maximum absolute atomic E-state index is 12.2. The van der Waals surface area contributed by atoms with E-state index in [-0.39, 0.29) is 5.91 Å². The van der Waals surface area contributed by atoms with Gasteiger partial charge in [0.15, 0.2) is 0 Å². The molecule has 1 aliphatic rings. The zero-order valence-corrected chi connectivity index (χ0v) is 11.2. The number of hydrogen-bond acceptors (Lipinski definition) is 2. The third kappa shape index (κ3) is 2.48. The van der Waals surface area contributed by atoms with Crippen LogP contribution in [0, 0.1) is 12.8 Å². The summed E-state index contributed by atoms with van der Waals surface area (Å²) in [6, 6.07) is 3.78. The summed E-state index contributed by atoms with van der Waals surface area (Å²) in [4.78, 5) is 19.5. The van der Waals surface area contributed by atoms with Gasteiger partial charge in [-0.3, -0.25) is 4.79 Å². The molecule has 1 fully saturated rings. The number of hydrogen-bond donors (Lipinski definition) is 2. The van der Waals surface area contributed by atoms with E-state index < -0.39 is 0 Å². The molecule has 1 amide bonds. The number of carbonyl (C=O) groups excluding carboxylic acids is 1. The monoisotopic (exact) mass is 257 g/mol. The van der Waals surface area contributed by atoms with E-state index >= 15 is 0 Å². The summed E-state index contributed by atoms with van der Waals surface area (Å²) in [7, 11) is 0. The van der Waals surface area contributed by atoms with Crippen molar-refractivity contribution in [3.05, 3.63) is 29.6 Å². The molecule has 1 saturated carbocycles. The summed E-state index contributed by atoms with van der Waals surface area (Å²) in [5, 5.41) is 3.05. The fraction of sp³-hybridized carbons (Fsp3) is 0.467. The van der Waals surface area contributed by atoms with Gasteiger partial charge in [0.1, 0.15) is 0 Å². The molecule has 0 unspecified atom stereocenters. The predicted octanol–water partition coefficient (Wildman–Crippen LogP) is 2.79. The molecule has 1 aromatic carbocycles. The summed E-state index contributed by atoms with van der Waals surface area (Å²) >= 11 is 0. The quantitative estimate of drug-likeness (QED) is 0.888. The average molecular weight is 257 g/mol. The Bertz CT molecular complexity index is 596. The van der Waals surface area contributed by atoms with E-state index in [2.05, 4.69) is 15.3 Å². The first-order valence-corrected chi connectivity index (χ1v) is 6.96. The molecule has 100 valence electrons. The second-order valence-electron chi connectivity index (χ2n) is 5.45. The van der Waals surface area contributed by atoms with Gasteiger partial charge in [-0.15, -0.1) is 0 Å². The van der Waals surface area contributed by atoms with Gasteiger partial charge in [-0.2, -0.15) is 0 Å². The van der Waals surface area contributed by atoms with Crippen LogP contribution in [0.4, 0.5) is 0 Å². The highest BCUT2D eigenvalue weighted by Gasteiger charge is 2.16. The predicted molar refractivity (Wildman–Crippen MR) is 75.1 cm³/mol. The second-order valence-corrected chi connectivity index (χ2v) is 5.45. The SMILES string of the molecule is Cc1cc(C(=O)NCC2CCCC2)cc2[nH]cnc12. The van der Waals surface area contributed by atoms with E-state index in [1.54, 1.807) is 6.33 Å². The number of carbonyl (C=O) groups is 1. The second kappa shape index (κ2) is 5.03. The van der Waals surface area contributed by atoms with E-state index in [1.165, 1.54) is 25.7 Å². The molecule has 4 heteroatoms. The van der Waals surface area contributed by atoms with Crippen LogP contribution in [0.15, 0.2) is 18.5 Å². The molecule has 0 atom stereocenters. The lowest BCUT2D eigenvalue weighted by atomic mass is 10.1. The molecule has 4 nitrogen and oxygen atoms in total. The Kier molecular flexibility index (Phi) is 3.23. The van der Waals surface area contributed by atoms with Gasteiger partial charge in [-0.1, -0.05) is 12.8 Å². The summed E-state index contributed by atoms with van der Waals surface area (Å²) in [5.74, 6) is 0.687. The largest absolute Gasteiger partial charge is 0.352 e. The molecule has 1 aromatic heterocycles. The van der Waals surface area contributed by atoms with E-state index in [0.29, 0.717) is 11.5 Å². The van der Waals surface area contributed by atoms with Gasteiger partial charge in [-0.25, -0.2) is 4.98 Å². The molecule has 0 spiro atoms. The first-order valence-electron chi connectivity index (χ1n) is 6.96. The summed E-state index contributed by atoms with van der Waals surface area (Å²) in [5.41, 5.74) is 3.61. The lowest BCUT2D eigenvalue weighted by molar-refractivity contribution is 0.0947. The van der Waals surface area contributed by atoms with Crippen molar-refractivity contribution in [3.63, 3.8) is 0 Å². The molecule has 19 heavy (non-hydrogen) atoms. The van der Waals surface area contributed by atoms with Crippen LogP contribution in [0.2, 0.25) is 0 Å². The van der Waals surface area contributed by atoms with Crippen molar-refractivity contribution in [3.8, 4) is 0 Å². The van der Waals surface area contributed by atoms with Crippen molar-refractivity contribution < 1.29 is 4.79 Å². The Morgan fingerprint density at radius 1 is 1.42 bits per heavy atom. The first kappa shape index (κ1) is 12.2. The number of nitrogens with one attached hydrogen (secondary N) is 2. The van der Waals surface area contributed by atoms with Crippen LogP contribution in [0.3, 0.4) is 0 Å². The third-order valence-electron chi connectivity index (χ3n) is 4.00. The Labute approximate surface area is 112 Å². The van der Waals surface area contributed by atoms with E-state index in [4.69, 9.17) is 0 Å².